The molecule has 0 amide bonds. The number of ketones is 1. The summed E-state index contributed by atoms with van der Waals surface area (Å²) in [5.41, 5.74) is 0.0311. The molecule has 0 radical (unpaired) electrons. The van der Waals surface area contributed by atoms with E-state index >= 15 is 0 Å². The lowest BCUT2D eigenvalue weighted by Gasteiger charge is -2.28. The van der Waals surface area contributed by atoms with Gasteiger partial charge in [0, 0.05) is 13.5 Å². The molecule has 18 heavy (non-hydrogen) atoms. The number of carbonyl (C=O) groups excluding carboxylic acids is 1. The summed E-state index contributed by atoms with van der Waals surface area (Å²) in [4.78, 5) is 12.4. The Morgan fingerprint density at radius 1 is 1.28 bits per heavy atom. The summed E-state index contributed by atoms with van der Waals surface area (Å²) in [5.74, 6) is 0.0409. The fraction of sp³-hybridized carbons (Fsp3) is 0.500. The van der Waals surface area contributed by atoms with E-state index < -0.39 is 5.60 Å². The molecule has 1 aromatic rings. The van der Waals surface area contributed by atoms with Crippen molar-refractivity contribution < 1.29 is 9.53 Å². The van der Waals surface area contributed by atoms with Crippen molar-refractivity contribution in [2.75, 3.05) is 7.11 Å². The maximum atomic E-state index is 12.4. The zero-order valence-corrected chi connectivity index (χ0v) is 12.4. The quantitative estimate of drug-likeness (QED) is 0.780. The van der Waals surface area contributed by atoms with Crippen LogP contribution in [0.3, 0.4) is 0 Å². The molecule has 0 spiro atoms. The highest BCUT2D eigenvalue weighted by atomic mass is 35.5. The van der Waals surface area contributed by atoms with Gasteiger partial charge in [-0.1, -0.05) is 49.2 Å². The number of halogens is 2. The van der Waals surface area contributed by atoms with Gasteiger partial charge in [0.15, 0.2) is 5.78 Å². The Kier molecular flexibility index (Phi) is 5.64. The second kappa shape index (κ2) is 6.55. The highest BCUT2D eigenvalue weighted by Gasteiger charge is 2.34. The Balaban J connectivity index is 2.97. The van der Waals surface area contributed by atoms with Gasteiger partial charge in [0.05, 0.1) is 10.0 Å². The van der Waals surface area contributed by atoms with Crippen molar-refractivity contribution in [1.82, 2.24) is 0 Å². The highest BCUT2D eigenvalue weighted by Crippen LogP contribution is 2.29. The van der Waals surface area contributed by atoms with Gasteiger partial charge in [-0.15, -0.1) is 0 Å². The van der Waals surface area contributed by atoms with Crippen LogP contribution in [0.4, 0.5) is 0 Å². The van der Waals surface area contributed by atoms with E-state index in [0.717, 1.165) is 5.56 Å². The van der Waals surface area contributed by atoms with Crippen LogP contribution in [-0.4, -0.2) is 18.5 Å². The van der Waals surface area contributed by atoms with Crippen LogP contribution in [0.15, 0.2) is 18.2 Å². The van der Waals surface area contributed by atoms with Crippen LogP contribution in [0.5, 0.6) is 0 Å². The number of rotatable bonds is 6. The summed E-state index contributed by atoms with van der Waals surface area (Å²) < 4.78 is 5.41. The summed E-state index contributed by atoms with van der Waals surface area (Å²) in [5, 5.41) is 0.919. The largest absolute Gasteiger partial charge is 0.370 e. The molecule has 0 unspecified atom stereocenters. The van der Waals surface area contributed by atoms with Crippen molar-refractivity contribution in [2.24, 2.45) is 0 Å². The fourth-order valence-electron chi connectivity index (χ4n) is 2.07. The Labute approximate surface area is 118 Å². The van der Waals surface area contributed by atoms with Gasteiger partial charge in [-0.25, -0.2) is 0 Å². The molecule has 1 rings (SSSR count). The number of ether oxygens (including phenoxy) is 1. The molecule has 1 aromatic carbocycles. The standard InChI is InChI=1S/C14H18Cl2O2/c1-4-14(5-2,18-3)12(17)9-10-7-6-8-11(15)13(10)16/h6-8H,4-5,9H2,1-3H3. The van der Waals surface area contributed by atoms with Crippen LogP contribution in [0, 0.1) is 0 Å². The van der Waals surface area contributed by atoms with E-state index in [0.29, 0.717) is 22.9 Å². The summed E-state index contributed by atoms with van der Waals surface area (Å²) in [6.45, 7) is 3.90. The summed E-state index contributed by atoms with van der Waals surface area (Å²) in [7, 11) is 1.57. The molecule has 0 N–H and O–H groups in total. The average molecular weight is 289 g/mol. The van der Waals surface area contributed by atoms with Gasteiger partial charge in [0.2, 0.25) is 0 Å². The van der Waals surface area contributed by atoms with Crippen molar-refractivity contribution in [3.05, 3.63) is 33.8 Å². The average Bonchev–Trinajstić information content (AvgIpc) is 2.38. The van der Waals surface area contributed by atoms with E-state index in [1.807, 2.05) is 19.9 Å². The van der Waals surface area contributed by atoms with Crippen molar-refractivity contribution in [1.29, 1.82) is 0 Å². The maximum absolute atomic E-state index is 12.4. The number of carbonyl (C=O) groups is 1. The van der Waals surface area contributed by atoms with Crippen LogP contribution in [-0.2, 0) is 16.0 Å². The highest BCUT2D eigenvalue weighted by molar-refractivity contribution is 6.42. The monoisotopic (exact) mass is 288 g/mol. The summed E-state index contributed by atoms with van der Waals surface area (Å²) >= 11 is 12.0. The number of methoxy groups -OCH3 is 1. The maximum Gasteiger partial charge on any atom is 0.168 e. The van der Waals surface area contributed by atoms with Gasteiger partial charge >= 0.3 is 0 Å². The first-order valence-electron chi connectivity index (χ1n) is 6.02. The third-order valence-corrected chi connectivity index (χ3v) is 4.28. The minimum Gasteiger partial charge on any atom is -0.370 e. The molecule has 0 saturated heterocycles. The molecule has 0 aliphatic heterocycles. The lowest BCUT2D eigenvalue weighted by molar-refractivity contribution is -0.141. The Hall–Kier alpha value is -0.570. The first kappa shape index (κ1) is 15.5. The number of Topliss-reactive ketones (excluding diaryl/α,β-unsaturated/α-hetero) is 1. The first-order chi connectivity index (χ1) is 8.50. The van der Waals surface area contributed by atoms with Crippen molar-refractivity contribution in [2.45, 2.75) is 38.7 Å². The van der Waals surface area contributed by atoms with Gasteiger partial charge < -0.3 is 4.74 Å². The number of benzene rings is 1. The summed E-state index contributed by atoms with van der Waals surface area (Å²) in [6, 6.07) is 5.32. The van der Waals surface area contributed by atoms with E-state index in [1.54, 1.807) is 19.2 Å². The fourth-order valence-corrected chi connectivity index (χ4v) is 2.45. The molecular weight excluding hydrogens is 271 g/mol. The van der Waals surface area contributed by atoms with Crippen LogP contribution in [0.1, 0.15) is 32.3 Å². The van der Waals surface area contributed by atoms with Crippen LogP contribution in [0.25, 0.3) is 0 Å². The molecule has 2 nitrogen and oxygen atoms in total. The predicted molar refractivity (Wildman–Crippen MR) is 75.5 cm³/mol. The summed E-state index contributed by atoms with van der Waals surface area (Å²) in [6.07, 6.45) is 1.54. The molecule has 4 heteroatoms. The molecule has 0 aliphatic carbocycles. The normalized spacial score (nSPS) is 11.6. The topological polar surface area (TPSA) is 26.3 Å². The minimum atomic E-state index is -0.717. The van der Waals surface area contributed by atoms with Gasteiger partial charge in [0.25, 0.3) is 0 Å². The van der Waals surface area contributed by atoms with Crippen LogP contribution in [0.2, 0.25) is 10.0 Å². The van der Waals surface area contributed by atoms with Crippen molar-refractivity contribution in [3.63, 3.8) is 0 Å². The molecule has 0 fully saturated rings. The SMILES string of the molecule is CCC(CC)(OC)C(=O)Cc1cccc(Cl)c1Cl. The molecule has 0 aromatic heterocycles. The zero-order valence-electron chi connectivity index (χ0n) is 10.9. The van der Waals surface area contributed by atoms with E-state index in [2.05, 4.69) is 0 Å². The first-order valence-corrected chi connectivity index (χ1v) is 6.77. The van der Waals surface area contributed by atoms with E-state index in [-0.39, 0.29) is 12.2 Å². The molecule has 0 aliphatic rings. The molecular formula is C14H18Cl2O2. The van der Waals surface area contributed by atoms with Gasteiger partial charge in [-0.2, -0.15) is 0 Å². The van der Waals surface area contributed by atoms with Crippen LogP contribution < -0.4 is 0 Å². The third kappa shape index (κ3) is 3.05. The Bertz CT molecular complexity index is 418. The minimum absolute atomic E-state index is 0.0409. The number of hydrogen-bond donors (Lipinski definition) is 0. The van der Waals surface area contributed by atoms with E-state index in [4.69, 9.17) is 27.9 Å². The van der Waals surface area contributed by atoms with Crippen LogP contribution >= 0.6 is 23.2 Å². The lowest BCUT2D eigenvalue weighted by atomic mass is 9.88. The van der Waals surface area contributed by atoms with Crippen molar-refractivity contribution in [3.8, 4) is 0 Å². The smallest absolute Gasteiger partial charge is 0.168 e. The predicted octanol–water partition coefficient (Wildman–Crippen LogP) is 4.31. The second-order valence-electron chi connectivity index (χ2n) is 4.22. The third-order valence-electron chi connectivity index (χ3n) is 3.42. The van der Waals surface area contributed by atoms with E-state index in [9.17, 15) is 4.79 Å². The Morgan fingerprint density at radius 2 is 1.89 bits per heavy atom. The molecule has 0 heterocycles. The second-order valence-corrected chi connectivity index (χ2v) is 5.00. The lowest BCUT2D eigenvalue weighted by Crippen LogP contribution is -2.40. The molecule has 0 saturated carbocycles. The Morgan fingerprint density at radius 3 is 2.39 bits per heavy atom. The molecule has 100 valence electrons. The van der Waals surface area contributed by atoms with Gasteiger partial charge in [-0.3, -0.25) is 4.79 Å². The van der Waals surface area contributed by atoms with E-state index in [1.165, 1.54) is 0 Å². The van der Waals surface area contributed by atoms with Gasteiger partial charge in [-0.05, 0) is 24.5 Å². The molecule has 0 bridgehead atoms. The van der Waals surface area contributed by atoms with Crippen molar-refractivity contribution >= 4 is 29.0 Å². The number of hydrogen-bond acceptors (Lipinski definition) is 2. The molecule has 0 atom stereocenters. The zero-order chi connectivity index (χ0) is 13.8. The van der Waals surface area contributed by atoms with Gasteiger partial charge in [0.1, 0.15) is 5.60 Å².